The third-order valence-electron chi connectivity index (χ3n) is 0.651. The van der Waals surface area contributed by atoms with Crippen molar-refractivity contribution in [3.05, 3.63) is 0 Å². The summed E-state index contributed by atoms with van der Waals surface area (Å²) in [6.07, 6.45) is -4.22. The van der Waals surface area contributed by atoms with E-state index in [1.165, 1.54) is 0 Å². The number of hydrogen-bond acceptors (Lipinski definition) is 2. The molecular formula is C6H12F3NO. The normalized spacial score (nSPS) is 13.6. The lowest BCUT2D eigenvalue weighted by molar-refractivity contribution is -0.168. The minimum absolute atomic E-state index is 0.592. The maximum absolute atomic E-state index is 11.5. The molecule has 2 nitrogen and oxygen atoms in total. The van der Waals surface area contributed by atoms with Gasteiger partial charge in [0.25, 0.3) is 0 Å². The Morgan fingerprint density at radius 3 is 1.91 bits per heavy atom. The smallest absolute Gasteiger partial charge is 0.296 e. The van der Waals surface area contributed by atoms with E-state index in [0.29, 0.717) is 0 Å². The monoisotopic (exact) mass is 171 g/mol. The zero-order valence-corrected chi connectivity index (χ0v) is 6.75. The Balaban J connectivity index is 3.44. The van der Waals surface area contributed by atoms with Gasteiger partial charge in [-0.3, -0.25) is 4.84 Å². The molecule has 0 aliphatic carbocycles. The van der Waals surface area contributed by atoms with Crippen molar-refractivity contribution in [2.45, 2.75) is 32.5 Å². The van der Waals surface area contributed by atoms with Crippen LogP contribution >= 0.6 is 0 Å². The second-order valence-electron chi connectivity index (χ2n) is 3.15. The second kappa shape index (κ2) is 3.40. The van der Waals surface area contributed by atoms with Crippen molar-refractivity contribution in [2.24, 2.45) is 0 Å². The summed E-state index contributed by atoms with van der Waals surface area (Å²) in [5, 5.41) is 0. The van der Waals surface area contributed by atoms with Crippen LogP contribution in [0.4, 0.5) is 13.2 Å². The van der Waals surface area contributed by atoms with Crippen molar-refractivity contribution < 1.29 is 18.0 Å². The van der Waals surface area contributed by atoms with Crippen LogP contribution in [0.3, 0.4) is 0 Å². The number of alkyl halides is 3. The van der Waals surface area contributed by atoms with Crippen LogP contribution in [0.1, 0.15) is 20.8 Å². The zero-order chi connectivity index (χ0) is 9.12. The summed E-state index contributed by atoms with van der Waals surface area (Å²) in [7, 11) is 0. The Bertz CT molecular complexity index is 102. The van der Waals surface area contributed by atoms with Gasteiger partial charge >= 0.3 is 6.18 Å². The highest BCUT2D eigenvalue weighted by molar-refractivity contribution is 4.57. The molecule has 0 heterocycles. The molecule has 0 spiro atoms. The molecule has 0 aliphatic heterocycles. The number of hydroxylamine groups is 1. The standard InChI is InChI=1S/C6H12F3NO/c1-5(2,3)11-10-4-6(7,8)9/h10H,4H2,1-3H3. The molecule has 0 aliphatic rings. The molecule has 0 atom stereocenters. The van der Waals surface area contributed by atoms with E-state index in [1.807, 2.05) is 5.48 Å². The molecule has 0 radical (unpaired) electrons. The van der Waals surface area contributed by atoms with E-state index in [2.05, 4.69) is 4.84 Å². The molecule has 0 bridgehead atoms. The van der Waals surface area contributed by atoms with Crippen LogP contribution in [0, 0.1) is 0 Å². The van der Waals surface area contributed by atoms with Crippen LogP contribution in [0.25, 0.3) is 0 Å². The van der Waals surface area contributed by atoms with Crippen molar-refractivity contribution in [1.29, 1.82) is 0 Å². The fourth-order valence-corrected chi connectivity index (χ4v) is 0.334. The predicted octanol–water partition coefficient (Wildman–Crippen LogP) is 1.87. The third-order valence-corrected chi connectivity index (χ3v) is 0.651. The molecule has 11 heavy (non-hydrogen) atoms. The van der Waals surface area contributed by atoms with E-state index in [0.717, 1.165) is 0 Å². The lowest BCUT2D eigenvalue weighted by Crippen LogP contribution is -2.35. The molecule has 0 saturated carbocycles. The summed E-state index contributed by atoms with van der Waals surface area (Å²) in [5.74, 6) is 0. The molecule has 0 rings (SSSR count). The average molecular weight is 171 g/mol. The molecule has 1 N–H and O–H groups in total. The van der Waals surface area contributed by atoms with Crippen molar-refractivity contribution in [2.75, 3.05) is 6.54 Å². The van der Waals surface area contributed by atoms with Gasteiger partial charge in [-0.15, -0.1) is 0 Å². The molecule has 0 unspecified atom stereocenters. The summed E-state index contributed by atoms with van der Waals surface area (Å²) in [5.41, 5.74) is 1.25. The highest BCUT2D eigenvalue weighted by Crippen LogP contribution is 2.13. The van der Waals surface area contributed by atoms with Crippen molar-refractivity contribution in [1.82, 2.24) is 5.48 Å². The molecule has 0 amide bonds. The number of halogens is 3. The Morgan fingerprint density at radius 1 is 1.18 bits per heavy atom. The van der Waals surface area contributed by atoms with Gasteiger partial charge in [-0.2, -0.15) is 18.7 Å². The Labute approximate surface area is 63.7 Å². The average Bonchev–Trinajstić information content (AvgIpc) is 1.55. The quantitative estimate of drug-likeness (QED) is 0.640. The molecule has 68 valence electrons. The Kier molecular flexibility index (Phi) is 3.31. The van der Waals surface area contributed by atoms with Crippen molar-refractivity contribution in [3.8, 4) is 0 Å². The summed E-state index contributed by atoms with van der Waals surface area (Å²) in [6, 6.07) is 0. The van der Waals surface area contributed by atoms with Crippen LogP contribution < -0.4 is 5.48 Å². The lowest BCUT2D eigenvalue weighted by atomic mass is 10.2. The van der Waals surface area contributed by atoms with Gasteiger partial charge in [-0.25, -0.2) is 0 Å². The molecule has 0 saturated heterocycles. The minimum Gasteiger partial charge on any atom is -0.296 e. The van der Waals surface area contributed by atoms with E-state index in [4.69, 9.17) is 0 Å². The fourth-order valence-electron chi connectivity index (χ4n) is 0.334. The van der Waals surface area contributed by atoms with Crippen LogP contribution in [-0.2, 0) is 4.84 Å². The predicted molar refractivity (Wildman–Crippen MR) is 34.9 cm³/mol. The number of rotatable bonds is 2. The molecule has 0 fully saturated rings. The van der Waals surface area contributed by atoms with Gasteiger partial charge in [0.1, 0.15) is 6.54 Å². The van der Waals surface area contributed by atoms with Gasteiger partial charge in [0.15, 0.2) is 0 Å². The summed E-state index contributed by atoms with van der Waals surface area (Å²) < 4.78 is 34.5. The number of nitrogens with one attached hydrogen (secondary N) is 1. The van der Waals surface area contributed by atoms with E-state index in [9.17, 15) is 13.2 Å². The van der Waals surface area contributed by atoms with E-state index >= 15 is 0 Å². The largest absolute Gasteiger partial charge is 0.403 e. The fraction of sp³-hybridized carbons (Fsp3) is 1.00. The Morgan fingerprint density at radius 2 is 1.64 bits per heavy atom. The highest BCUT2D eigenvalue weighted by atomic mass is 19.4. The maximum Gasteiger partial charge on any atom is 0.403 e. The molecule has 0 aromatic carbocycles. The van der Waals surface area contributed by atoms with Gasteiger partial charge in [0, 0.05) is 0 Å². The first kappa shape index (κ1) is 10.7. The van der Waals surface area contributed by atoms with Crippen LogP contribution in [0.2, 0.25) is 0 Å². The Hall–Kier alpha value is -0.290. The van der Waals surface area contributed by atoms with Crippen LogP contribution in [-0.4, -0.2) is 18.3 Å². The highest BCUT2D eigenvalue weighted by Gasteiger charge is 2.27. The topological polar surface area (TPSA) is 21.3 Å². The summed E-state index contributed by atoms with van der Waals surface area (Å²) in [6.45, 7) is 3.87. The van der Waals surface area contributed by atoms with E-state index < -0.39 is 18.3 Å². The van der Waals surface area contributed by atoms with Crippen molar-refractivity contribution in [3.63, 3.8) is 0 Å². The van der Waals surface area contributed by atoms with Crippen LogP contribution in [0.5, 0.6) is 0 Å². The second-order valence-corrected chi connectivity index (χ2v) is 3.15. The zero-order valence-electron chi connectivity index (χ0n) is 6.75. The van der Waals surface area contributed by atoms with Gasteiger partial charge in [-0.1, -0.05) is 0 Å². The third kappa shape index (κ3) is 9.71. The van der Waals surface area contributed by atoms with Crippen LogP contribution in [0.15, 0.2) is 0 Å². The maximum atomic E-state index is 11.5. The van der Waals surface area contributed by atoms with E-state index in [1.54, 1.807) is 20.8 Å². The summed E-state index contributed by atoms with van der Waals surface area (Å²) >= 11 is 0. The van der Waals surface area contributed by atoms with Gasteiger partial charge in [-0.05, 0) is 20.8 Å². The summed E-state index contributed by atoms with van der Waals surface area (Å²) in [4.78, 5) is 4.64. The van der Waals surface area contributed by atoms with Gasteiger partial charge in [0.05, 0.1) is 5.60 Å². The minimum atomic E-state index is -4.22. The SMILES string of the molecule is CC(C)(C)ONCC(F)(F)F. The number of hydrogen-bond donors (Lipinski definition) is 1. The molecule has 5 heteroatoms. The van der Waals surface area contributed by atoms with Gasteiger partial charge < -0.3 is 0 Å². The molecular weight excluding hydrogens is 159 g/mol. The first-order valence-electron chi connectivity index (χ1n) is 3.18. The van der Waals surface area contributed by atoms with E-state index in [-0.39, 0.29) is 0 Å². The van der Waals surface area contributed by atoms with Gasteiger partial charge in [0.2, 0.25) is 0 Å². The molecule has 0 aromatic heterocycles. The first-order chi connectivity index (χ1) is 4.71. The lowest BCUT2D eigenvalue weighted by Gasteiger charge is -2.19. The van der Waals surface area contributed by atoms with Crippen molar-refractivity contribution >= 4 is 0 Å². The molecule has 0 aromatic rings. The first-order valence-corrected chi connectivity index (χ1v) is 3.18.